The molecule has 0 spiro atoms. The average Bonchev–Trinajstić information content (AvgIpc) is 2.35. The van der Waals surface area contributed by atoms with Crippen molar-refractivity contribution in [1.82, 2.24) is 5.32 Å². The van der Waals surface area contributed by atoms with Crippen molar-refractivity contribution in [2.75, 3.05) is 0 Å². The first-order chi connectivity index (χ1) is 9.45. The van der Waals surface area contributed by atoms with Gasteiger partial charge in [0.1, 0.15) is 11.6 Å². The highest BCUT2D eigenvalue weighted by molar-refractivity contribution is 5.81. The van der Waals surface area contributed by atoms with E-state index in [1.807, 2.05) is 0 Å². The monoisotopic (exact) mass is 281 g/mol. The number of benzene rings is 1. The second-order valence-corrected chi connectivity index (χ2v) is 4.93. The van der Waals surface area contributed by atoms with Crippen LogP contribution in [-0.4, -0.2) is 29.1 Å². The summed E-state index contributed by atoms with van der Waals surface area (Å²) in [7, 11) is 0. The first kappa shape index (κ1) is 14.3. The van der Waals surface area contributed by atoms with Crippen LogP contribution in [0.15, 0.2) is 24.3 Å². The van der Waals surface area contributed by atoms with Crippen molar-refractivity contribution in [2.24, 2.45) is 5.92 Å². The molecule has 1 aliphatic carbocycles. The first-order valence-electron chi connectivity index (χ1n) is 6.41. The fourth-order valence-corrected chi connectivity index (χ4v) is 2.03. The van der Waals surface area contributed by atoms with Crippen LogP contribution in [0, 0.1) is 11.7 Å². The standard InChI is InChI=1S/C14H16FNO4/c1-8(20-12-4-2-10(15)3-5-12)13(17)16-11-6-9(7-11)14(18)19/h2-5,8-9,11H,6-7H2,1H3,(H,16,17)(H,18,19). The number of carbonyl (C=O) groups is 2. The molecule has 2 N–H and O–H groups in total. The van der Waals surface area contributed by atoms with Gasteiger partial charge in [-0.15, -0.1) is 0 Å². The van der Waals surface area contributed by atoms with Crippen LogP contribution in [0.2, 0.25) is 0 Å². The topological polar surface area (TPSA) is 75.6 Å². The molecule has 2 rings (SSSR count). The lowest BCUT2D eigenvalue weighted by Crippen LogP contribution is -2.50. The number of carboxylic acid groups (broad SMARTS) is 1. The van der Waals surface area contributed by atoms with Crippen molar-refractivity contribution >= 4 is 11.9 Å². The second kappa shape index (κ2) is 5.90. The minimum atomic E-state index is -0.828. The number of halogens is 1. The third kappa shape index (κ3) is 3.46. The predicted octanol–water partition coefficient (Wildman–Crippen LogP) is 1.57. The van der Waals surface area contributed by atoms with Gasteiger partial charge in [0, 0.05) is 6.04 Å². The summed E-state index contributed by atoms with van der Waals surface area (Å²) in [6.45, 7) is 1.59. The van der Waals surface area contributed by atoms with E-state index in [-0.39, 0.29) is 23.7 Å². The number of aliphatic carboxylic acids is 1. The maximum atomic E-state index is 12.7. The number of rotatable bonds is 5. The molecular weight excluding hydrogens is 265 g/mol. The van der Waals surface area contributed by atoms with Gasteiger partial charge in [0.2, 0.25) is 0 Å². The summed E-state index contributed by atoms with van der Waals surface area (Å²) >= 11 is 0. The van der Waals surface area contributed by atoms with E-state index in [9.17, 15) is 14.0 Å². The Balaban J connectivity index is 1.78. The Labute approximate surface area is 115 Å². The minimum absolute atomic E-state index is 0.108. The summed E-state index contributed by atoms with van der Waals surface area (Å²) in [6.07, 6.45) is 0.179. The van der Waals surface area contributed by atoms with Gasteiger partial charge in [-0.25, -0.2) is 4.39 Å². The molecule has 1 aromatic rings. The molecule has 20 heavy (non-hydrogen) atoms. The molecule has 0 aliphatic heterocycles. The van der Waals surface area contributed by atoms with Crippen LogP contribution in [0.5, 0.6) is 5.75 Å². The van der Waals surface area contributed by atoms with Crippen molar-refractivity contribution in [3.8, 4) is 5.75 Å². The molecule has 5 nitrogen and oxygen atoms in total. The van der Waals surface area contributed by atoms with Crippen molar-refractivity contribution in [3.05, 3.63) is 30.1 Å². The Kier molecular flexibility index (Phi) is 4.22. The number of hydrogen-bond donors (Lipinski definition) is 2. The Morgan fingerprint density at radius 2 is 1.95 bits per heavy atom. The lowest BCUT2D eigenvalue weighted by Gasteiger charge is -2.33. The maximum absolute atomic E-state index is 12.7. The van der Waals surface area contributed by atoms with Gasteiger partial charge in [-0.3, -0.25) is 9.59 Å². The van der Waals surface area contributed by atoms with Gasteiger partial charge in [0.15, 0.2) is 6.10 Å². The van der Waals surface area contributed by atoms with Gasteiger partial charge < -0.3 is 15.2 Å². The fourth-order valence-electron chi connectivity index (χ4n) is 2.03. The Bertz CT molecular complexity index is 496. The highest BCUT2D eigenvalue weighted by Crippen LogP contribution is 2.27. The SMILES string of the molecule is CC(Oc1ccc(F)cc1)C(=O)NC1CC(C(=O)O)C1. The highest BCUT2D eigenvalue weighted by Gasteiger charge is 2.36. The van der Waals surface area contributed by atoms with E-state index in [4.69, 9.17) is 9.84 Å². The molecule has 0 radical (unpaired) electrons. The van der Waals surface area contributed by atoms with Gasteiger partial charge in [-0.05, 0) is 44.0 Å². The van der Waals surface area contributed by atoms with Crippen LogP contribution < -0.4 is 10.1 Å². The van der Waals surface area contributed by atoms with Gasteiger partial charge in [0.05, 0.1) is 5.92 Å². The molecule has 1 amide bonds. The normalized spacial score (nSPS) is 22.5. The highest BCUT2D eigenvalue weighted by atomic mass is 19.1. The van der Waals surface area contributed by atoms with Crippen molar-refractivity contribution in [3.63, 3.8) is 0 Å². The van der Waals surface area contributed by atoms with E-state index in [0.717, 1.165) is 0 Å². The molecule has 1 saturated carbocycles. The average molecular weight is 281 g/mol. The number of amides is 1. The summed E-state index contributed by atoms with van der Waals surface area (Å²) in [4.78, 5) is 22.5. The van der Waals surface area contributed by atoms with Crippen LogP contribution in [0.1, 0.15) is 19.8 Å². The van der Waals surface area contributed by atoms with E-state index in [0.29, 0.717) is 18.6 Å². The van der Waals surface area contributed by atoms with Gasteiger partial charge in [0.25, 0.3) is 5.91 Å². The zero-order chi connectivity index (χ0) is 14.7. The molecule has 1 atom stereocenters. The second-order valence-electron chi connectivity index (χ2n) is 4.93. The van der Waals surface area contributed by atoms with Crippen LogP contribution in [-0.2, 0) is 9.59 Å². The Morgan fingerprint density at radius 1 is 1.35 bits per heavy atom. The molecule has 0 aromatic heterocycles. The van der Waals surface area contributed by atoms with Crippen LogP contribution in [0.25, 0.3) is 0 Å². The first-order valence-corrected chi connectivity index (χ1v) is 6.41. The van der Waals surface area contributed by atoms with Crippen molar-refractivity contribution in [1.29, 1.82) is 0 Å². The molecule has 1 aliphatic rings. The third-order valence-corrected chi connectivity index (χ3v) is 3.33. The number of nitrogens with one attached hydrogen (secondary N) is 1. The molecule has 1 unspecified atom stereocenters. The zero-order valence-corrected chi connectivity index (χ0v) is 11.0. The molecule has 1 fully saturated rings. The van der Waals surface area contributed by atoms with Gasteiger partial charge in [-0.1, -0.05) is 0 Å². The lowest BCUT2D eigenvalue weighted by atomic mass is 9.80. The molecule has 0 bridgehead atoms. The number of carbonyl (C=O) groups excluding carboxylic acids is 1. The van der Waals surface area contributed by atoms with Crippen LogP contribution >= 0.6 is 0 Å². The molecule has 6 heteroatoms. The maximum Gasteiger partial charge on any atom is 0.306 e. The smallest absolute Gasteiger partial charge is 0.306 e. The van der Waals surface area contributed by atoms with Gasteiger partial charge >= 0.3 is 5.97 Å². The Hall–Kier alpha value is -2.11. The predicted molar refractivity (Wildman–Crippen MR) is 68.8 cm³/mol. The van der Waals surface area contributed by atoms with Gasteiger partial charge in [-0.2, -0.15) is 0 Å². The van der Waals surface area contributed by atoms with E-state index in [1.54, 1.807) is 6.92 Å². The third-order valence-electron chi connectivity index (χ3n) is 3.33. The van der Waals surface area contributed by atoms with Crippen LogP contribution in [0.3, 0.4) is 0 Å². The van der Waals surface area contributed by atoms with Crippen molar-refractivity contribution < 1.29 is 23.8 Å². The van der Waals surface area contributed by atoms with E-state index in [2.05, 4.69) is 5.32 Å². The summed E-state index contributed by atoms with van der Waals surface area (Å²) in [6, 6.07) is 5.29. The quantitative estimate of drug-likeness (QED) is 0.859. The summed E-state index contributed by atoms with van der Waals surface area (Å²) in [5, 5.41) is 11.5. The fraction of sp³-hybridized carbons (Fsp3) is 0.429. The molecule has 1 aromatic carbocycles. The molecular formula is C14H16FNO4. The zero-order valence-electron chi connectivity index (χ0n) is 11.0. The van der Waals surface area contributed by atoms with E-state index >= 15 is 0 Å². The van der Waals surface area contributed by atoms with Crippen molar-refractivity contribution in [2.45, 2.75) is 31.9 Å². The summed E-state index contributed by atoms with van der Waals surface area (Å²) < 4.78 is 18.1. The summed E-state index contributed by atoms with van der Waals surface area (Å²) in [5.41, 5.74) is 0. The number of hydrogen-bond acceptors (Lipinski definition) is 3. The molecule has 108 valence electrons. The largest absolute Gasteiger partial charge is 0.481 e. The minimum Gasteiger partial charge on any atom is -0.481 e. The lowest BCUT2D eigenvalue weighted by molar-refractivity contribution is -0.146. The molecule has 0 saturated heterocycles. The Morgan fingerprint density at radius 3 is 2.50 bits per heavy atom. The molecule has 0 heterocycles. The van der Waals surface area contributed by atoms with E-state index in [1.165, 1.54) is 24.3 Å². The summed E-state index contributed by atoms with van der Waals surface area (Å²) in [5.74, 6) is -1.46. The number of ether oxygens (including phenoxy) is 1. The van der Waals surface area contributed by atoms with Crippen LogP contribution in [0.4, 0.5) is 4.39 Å². The number of carboxylic acids is 1. The van der Waals surface area contributed by atoms with E-state index < -0.39 is 12.1 Å².